The number of imidazole rings is 1. The van der Waals surface area contributed by atoms with Gasteiger partial charge in [-0.25, -0.2) is 22.9 Å². The highest BCUT2D eigenvalue weighted by molar-refractivity contribution is 7.89. The van der Waals surface area contributed by atoms with Gasteiger partial charge in [0.1, 0.15) is 0 Å². The molecule has 0 fully saturated rings. The molecule has 0 aliphatic heterocycles. The van der Waals surface area contributed by atoms with Gasteiger partial charge in [-0.05, 0) is 20.3 Å². The number of aryl methyl sites for hydroxylation is 1. The Balaban J connectivity index is 1.92. The molecule has 0 bridgehead atoms. The molecule has 2 heterocycles. The summed E-state index contributed by atoms with van der Waals surface area (Å²) in [6, 6.07) is 1.36. The molecule has 0 saturated carbocycles. The van der Waals surface area contributed by atoms with Gasteiger partial charge in [0.2, 0.25) is 0 Å². The van der Waals surface area contributed by atoms with Gasteiger partial charge in [-0.2, -0.15) is 0 Å². The van der Waals surface area contributed by atoms with Crippen LogP contribution in [-0.4, -0.2) is 34.1 Å². The van der Waals surface area contributed by atoms with Crippen molar-refractivity contribution in [3.05, 3.63) is 45.6 Å². The fourth-order valence-corrected chi connectivity index (χ4v) is 2.90. The van der Waals surface area contributed by atoms with Crippen LogP contribution in [0.15, 0.2) is 39.4 Å². The summed E-state index contributed by atoms with van der Waals surface area (Å²) >= 11 is 0. The first-order valence-corrected chi connectivity index (χ1v) is 8.61. The minimum atomic E-state index is -3.67. The zero-order chi connectivity index (χ0) is 17.0. The number of hydrogen-bond donors (Lipinski definition) is 2. The quantitative estimate of drug-likeness (QED) is 0.669. The number of rotatable bonds is 7. The van der Waals surface area contributed by atoms with Gasteiger partial charge in [-0.3, -0.25) is 9.78 Å². The lowest BCUT2D eigenvalue weighted by Gasteiger charge is -2.06. The van der Waals surface area contributed by atoms with E-state index in [1.807, 2.05) is 13.8 Å². The average molecular weight is 341 g/mol. The number of H-pyrrole nitrogens is 1. The first-order valence-electron chi connectivity index (χ1n) is 7.12. The van der Waals surface area contributed by atoms with E-state index in [-0.39, 0.29) is 17.6 Å². The Hall–Kier alpha value is -2.20. The minimum Gasteiger partial charge on any atom is -0.334 e. The summed E-state index contributed by atoms with van der Waals surface area (Å²) in [5, 5.41) is -0.0348. The predicted octanol–water partition coefficient (Wildman–Crippen LogP) is -0.317. The van der Waals surface area contributed by atoms with Crippen LogP contribution in [0.3, 0.4) is 0 Å². The molecule has 0 unspecified atom stereocenters. The molecule has 0 atom stereocenters. The van der Waals surface area contributed by atoms with Crippen LogP contribution in [0.4, 0.5) is 0 Å². The third-order valence-electron chi connectivity index (χ3n) is 3.21. The van der Waals surface area contributed by atoms with Crippen LogP contribution in [0, 0.1) is 0 Å². The van der Waals surface area contributed by atoms with Gasteiger partial charge >= 0.3 is 5.69 Å². The maximum atomic E-state index is 12.1. The predicted molar refractivity (Wildman–Crippen MR) is 83.7 cm³/mol. The molecule has 0 aliphatic carbocycles. The van der Waals surface area contributed by atoms with E-state index >= 15 is 0 Å². The number of aromatic amines is 1. The van der Waals surface area contributed by atoms with Gasteiger partial charge < -0.3 is 9.13 Å². The average Bonchev–Trinajstić information content (AvgIpc) is 2.96. The summed E-state index contributed by atoms with van der Waals surface area (Å²) in [6.45, 7) is 4.29. The normalized spacial score (nSPS) is 12.0. The van der Waals surface area contributed by atoms with E-state index < -0.39 is 21.3 Å². The lowest BCUT2D eigenvalue weighted by Crippen LogP contribution is -2.30. The molecule has 0 spiro atoms. The van der Waals surface area contributed by atoms with Crippen LogP contribution >= 0.6 is 0 Å². The van der Waals surface area contributed by atoms with Crippen molar-refractivity contribution in [3.63, 3.8) is 0 Å². The first-order chi connectivity index (χ1) is 10.8. The van der Waals surface area contributed by atoms with E-state index in [9.17, 15) is 18.0 Å². The molecule has 0 radical (unpaired) electrons. The fourth-order valence-electron chi connectivity index (χ4n) is 1.89. The maximum absolute atomic E-state index is 12.1. The van der Waals surface area contributed by atoms with Crippen molar-refractivity contribution in [1.82, 2.24) is 23.8 Å². The summed E-state index contributed by atoms with van der Waals surface area (Å²) < 4.78 is 29.6. The topological polar surface area (TPSA) is 119 Å². The van der Waals surface area contributed by atoms with E-state index in [2.05, 4.69) is 14.7 Å². The molecular formula is C13H19N5O4S. The Kier molecular flexibility index (Phi) is 5.16. The van der Waals surface area contributed by atoms with Crippen LogP contribution in [0.5, 0.6) is 0 Å². The number of aromatic nitrogens is 4. The van der Waals surface area contributed by atoms with Crippen molar-refractivity contribution in [2.75, 3.05) is 6.54 Å². The van der Waals surface area contributed by atoms with Crippen molar-refractivity contribution in [2.45, 2.75) is 37.9 Å². The molecule has 0 saturated heterocycles. The highest BCUT2D eigenvalue weighted by atomic mass is 32.2. The highest BCUT2D eigenvalue weighted by Crippen LogP contribution is 2.09. The third-order valence-corrected chi connectivity index (χ3v) is 4.56. The fraction of sp³-hybridized carbons (Fsp3) is 0.462. The first kappa shape index (κ1) is 17.2. The van der Waals surface area contributed by atoms with Crippen LogP contribution in [0.1, 0.15) is 26.3 Å². The van der Waals surface area contributed by atoms with Gasteiger partial charge in [-0.1, -0.05) is 0 Å². The SMILES string of the molecule is CC(C)n1cnc(S(=O)(=O)NCCCn2ccc(=O)[nH]c2=O)c1. The molecule has 0 aliphatic rings. The van der Waals surface area contributed by atoms with Crippen molar-refractivity contribution in [3.8, 4) is 0 Å². The van der Waals surface area contributed by atoms with E-state index in [0.717, 1.165) is 0 Å². The number of hydrogen-bond acceptors (Lipinski definition) is 5. The molecule has 126 valence electrons. The highest BCUT2D eigenvalue weighted by Gasteiger charge is 2.17. The monoisotopic (exact) mass is 341 g/mol. The van der Waals surface area contributed by atoms with E-state index in [0.29, 0.717) is 13.0 Å². The van der Waals surface area contributed by atoms with Crippen LogP contribution in [0.25, 0.3) is 0 Å². The van der Waals surface area contributed by atoms with Crippen LogP contribution in [-0.2, 0) is 16.6 Å². The summed E-state index contributed by atoms with van der Waals surface area (Å²) in [6.07, 6.45) is 4.72. The third kappa shape index (κ3) is 4.39. The molecule has 23 heavy (non-hydrogen) atoms. The Morgan fingerprint density at radius 1 is 1.35 bits per heavy atom. The second-order valence-corrected chi connectivity index (χ2v) is 7.02. The van der Waals surface area contributed by atoms with Gasteiger partial charge in [0.25, 0.3) is 15.6 Å². The van der Waals surface area contributed by atoms with Crippen LogP contribution < -0.4 is 16.0 Å². The molecule has 2 N–H and O–H groups in total. The van der Waals surface area contributed by atoms with Crippen molar-refractivity contribution < 1.29 is 8.42 Å². The molecule has 10 heteroatoms. The number of nitrogens with one attached hydrogen (secondary N) is 2. The van der Waals surface area contributed by atoms with Gasteiger partial charge in [0.05, 0.1) is 6.33 Å². The number of nitrogens with zero attached hydrogens (tertiary/aromatic N) is 3. The summed E-state index contributed by atoms with van der Waals surface area (Å²) in [5.41, 5.74) is -0.983. The Morgan fingerprint density at radius 2 is 2.09 bits per heavy atom. The van der Waals surface area contributed by atoms with Gasteiger partial charge in [0.15, 0.2) is 5.03 Å². The second-order valence-electron chi connectivity index (χ2n) is 5.31. The molecule has 2 aromatic heterocycles. The van der Waals surface area contributed by atoms with E-state index in [4.69, 9.17) is 0 Å². The lowest BCUT2D eigenvalue weighted by atomic mass is 10.4. The van der Waals surface area contributed by atoms with E-state index in [1.54, 1.807) is 4.57 Å². The Morgan fingerprint density at radius 3 is 2.70 bits per heavy atom. The van der Waals surface area contributed by atoms with Gasteiger partial charge in [-0.15, -0.1) is 0 Å². The summed E-state index contributed by atoms with van der Waals surface area (Å²) in [7, 11) is -3.67. The molecule has 0 aromatic carbocycles. The maximum Gasteiger partial charge on any atom is 0.328 e. The van der Waals surface area contributed by atoms with Crippen LogP contribution in [0.2, 0.25) is 0 Å². The lowest BCUT2D eigenvalue weighted by molar-refractivity contribution is 0.560. The summed E-state index contributed by atoms with van der Waals surface area (Å²) in [4.78, 5) is 28.4. The standard InChI is InChI=1S/C13H19N5O4S/c1-10(2)18-8-12(14-9-18)23(21,22)15-5-3-6-17-7-4-11(19)16-13(17)20/h4,7-10,15H,3,5-6H2,1-2H3,(H,16,19,20). The minimum absolute atomic E-state index is 0.0348. The van der Waals surface area contributed by atoms with Crippen molar-refractivity contribution in [1.29, 1.82) is 0 Å². The number of sulfonamides is 1. The summed E-state index contributed by atoms with van der Waals surface area (Å²) in [5.74, 6) is 0. The van der Waals surface area contributed by atoms with E-state index in [1.165, 1.54) is 29.4 Å². The molecule has 2 aromatic rings. The zero-order valence-electron chi connectivity index (χ0n) is 12.9. The smallest absolute Gasteiger partial charge is 0.328 e. The molecule has 9 nitrogen and oxygen atoms in total. The molecular weight excluding hydrogens is 322 g/mol. The molecule has 0 amide bonds. The van der Waals surface area contributed by atoms with Crippen molar-refractivity contribution >= 4 is 10.0 Å². The van der Waals surface area contributed by atoms with Crippen molar-refractivity contribution in [2.24, 2.45) is 0 Å². The molecule has 2 rings (SSSR count). The Bertz CT molecular complexity index is 878. The van der Waals surface area contributed by atoms with Gasteiger partial charge in [0, 0.05) is 37.6 Å². The largest absolute Gasteiger partial charge is 0.334 e. The Labute approximate surface area is 133 Å². The second kappa shape index (κ2) is 6.92. The zero-order valence-corrected chi connectivity index (χ0v) is 13.7.